The standard InChI is InChI=1S/C14H11FO2/c1-17-13-5-2-10(3-6-13)11-4-7-14(15)12(8-11)9-16/h2-9H,1H3. The predicted molar refractivity (Wildman–Crippen MR) is 63.8 cm³/mol. The highest BCUT2D eigenvalue weighted by Crippen LogP contribution is 2.23. The number of hydrogen-bond donors (Lipinski definition) is 0. The molecule has 0 atom stereocenters. The van der Waals surface area contributed by atoms with Crippen LogP contribution in [0.5, 0.6) is 5.75 Å². The molecule has 0 saturated heterocycles. The summed E-state index contributed by atoms with van der Waals surface area (Å²) in [6.45, 7) is 0. The maximum absolute atomic E-state index is 13.2. The summed E-state index contributed by atoms with van der Waals surface area (Å²) in [5.41, 5.74) is 1.78. The van der Waals surface area contributed by atoms with Crippen molar-refractivity contribution in [1.82, 2.24) is 0 Å². The Kier molecular flexibility index (Phi) is 3.19. The zero-order chi connectivity index (χ0) is 12.3. The third kappa shape index (κ3) is 2.33. The van der Waals surface area contributed by atoms with E-state index >= 15 is 0 Å². The van der Waals surface area contributed by atoms with Crippen LogP contribution in [-0.4, -0.2) is 13.4 Å². The van der Waals surface area contributed by atoms with E-state index in [1.807, 2.05) is 24.3 Å². The van der Waals surface area contributed by atoms with Crippen molar-refractivity contribution in [3.63, 3.8) is 0 Å². The van der Waals surface area contributed by atoms with E-state index in [4.69, 9.17) is 4.74 Å². The molecule has 0 aromatic heterocycles. The van der Waals surface area contributed by atoms with Gasteiger partial charge in [-0.3, -0.25) is 4.79 Å². The van der Waals surface area contributed by atoms with Crippen LogP contribution in [0.3, 0.4) is 0 Å². The lowest BCUT2D eigenvalue weighted by Gasteiger charge is -2.05. The SMILES string of the molecule is COc1ccc(-c2ccc(F)c(C=O)c2)cc1. The molecular formula is C14H11FO2. The van der Waals surface area contributed by atoms with Crippen molar-refractivity contribution in [1.29, 1.82) is 0 Å². The van der Waals surface area contributed by atoms with E-state index in [-0.39, 0.29) is 5.56 Å². The molecule has 0 aliphatic rings. The number of carbonyl (C=O) groups is 1. The zero-order valence-corrected chi connectivity index (χ0v) is 9.31. The van der Waals surface area contributed by atoms with Crippen molar-refractivity contribution in [2.75, 3.05) is 7.11 Å². The predicted octanol–water partition coefficient (Wildman–Crippen LogP) is 3.31. The first-order valence-electron chi connectivity index (χ1n) is 5.14. The molecule has 0 saturated carbocycles. The highest BCUT2D eigenvalue weighted by atomic mass is 19.1. The van der Waals surface area contributed by atoms with Crippen LogP contribution in [0, 0.1) is 5.82 Å². The van der Waals surface area contributed by atoms with Crippen molar-refractivity contribution in [2.24, 2.45) is 0 Å². The topological polar surface area (TPSA) is 26.3 Å². The molecule has 86 valence electrons. The molecule has 0 bridgehead atoms. The number of benzene rings is 2. The van der Waals surface area contributed by atoms with Crippen LogP contribution < -0.4 is 4.74 Å². The minimum atomic E-state index is -0.503. The molecule has 17 heavy (non-hydrogen) atoms. The number of rotatable bonds is 3. The van der Waals surface area contributed by atoms with Gasteiger partial charge in [0, 0.05) is 0 Å². The van der Waals surface area contributed by atoms with E-state index in [1.165, 1.54) is 12.1 Å². The lowest BCUT2D eigenvalue weighted by molar-refractivity contribution is 0.112. The third-order valence-electron chi connectivity index (χ3n) is 2.55. The molecule has 0 amide bonds. The summed E-state index contributed by atoms with van der Waals surface area (Å²) in [5.74, 6) is 0.253. The largest absolute Gasteiger partial charge is 0.497 e. The summed E-state index contributed by atoms with van der Waals surface area (Å²) >= 11 is 0. The molecule has 0 heterocycles. The van der Waals surface area contributed by atoms with Gasteiger partial charge < -0.3 is 4.74 Å². The highest BCUT2D eigenvalue weighted by molar-refractivity contribution is 5.79. The fourth-order valence-corrected chi connectivity index (χ4v) is 1.60. The second kappa shape index (κ2) is 4.78. The van der Waals surface area contributed by atoms with E-state index in [0.717, 1.165) is 16.9 Å². The van der Waals surface area contributed by atoms with E-state index in [1.54, 1.807) is 13.2 Å². The summed E-state index contributed by atoms with van der Waals surface area (Å²) < 4.78 is 18.2. The number of halogens is 1. The number of hydrogen-bond acceptors (Lipinski definition) is 2. The molecule has 0 aliphatic carbocycles. The van der Waals surface area contributed by atoms with Crippen LogP contribution in [-0.2, 0) is 0 Å². The molecule has 2 nitrogen and oxygen atoms in total. The van der Waals surface area contributed by atoms with E-state index in [0.29, 0.717) is 6.29 Å². The van der Waals surface area contributed by atoms with Gasteiger partial charge in [0.2, 0.25) is 0 Å². The Bertz CT molecular complexity index is 532. The first-order chi connectivity index (χ1) is 8.24. The second-order valence-corrected chi connectivity index (χ2v) is 3.58. The molecule has 0 N–H and O–H groups in total. The van der Waals surface area contributed by atoms with Gasteiger partial charge in [0.1, 0.15) is 11.6 Å². The van der Waals surface area contributed by atoms with Crippen LogP contribution >= 0.6 is 0 Å². The molecule has 3 heteroatoms. The van der Waals surface area contributed by atoms with Crippen molar-refractivity contribution in [3.8, 4) is 16.9 Å². The number of carbonyl (C=O) groups excluding carboxylic acids is 1. The van der Waals surface area contributed by atoms with Crippen molar-refractivity contribution >= 4 is 6.29 Å². The van der Waals surface area contributed by atoms with Crippen LogP contribution in [0.2, 0.25) is 0 Å². The van der Waals surface area contributed by atoms with Crippen LogP contribution in [0.15, 0.2) is 42.5 Å². The second-order valence-electron chi connectivity index (χ2n) is 3.58. The number of aldehydes is 1. The molecule has 0 fully saturated rings. The molecular weight excluding hydrogens is 219 g/mol. The Morgan fingerprint density at radius 3 is 2.29 bits per heavy atom. The minimum Gasteiger partial charge on any atom is -0.497 e. The molecule has 2 aromatic carbocycles. The van der Waals surface area contributed by atoms with Crippen LogP contribution in [0.25, 0.3) is 11.1 Å². The van der Waals surface area contributed by atoms with Gasteiger partial charge in [-0.25, -0.2) is 4.39 Å². The lowest BCUT2D eigenvalue weighted by Crippen LogP contribution is -1.89. The Morgan fingerprint density at radius 1 is 1.06 bits per heavy atom. The smallest absolute Gasteiger partial charge is 0.153 e. The van der Waals surface area contributed by atoms with Gasteiger partial charge in [-0.1, -0.05) is 18.2 Å². The zero-order valence-electron chi connectivity index (χ0n) is 9.31. The first kappa shape index (κ1) is 11.3. The van der Waals surface area contributed by atoms with Gasteiger partial charge >= 0.3 is 0 Å². The average molecular weight is 230 g/mol. The van der Waals surface area contributed by atoms with Gasteiger partial charge in [0.25, 0.3) is 0 Å². The van der Waals surface area contributed by atoms with Crippen LogP contribution in [0.1, 0.15) is 10.4 Å². The van der Waals surface area contributed by atoms with Crippen molar-refractivity contribution < 1.29 is 13.9 Å². The van der Waals surface area contributed by atoms with Crippen molar-refractivity contribution in [2.45, 2.75) is 0 Å². The van der Waals surface area contributed by atoms with E-state index in [9.17, 15) is 9.18 Å². The van der Waals surface area contributed by atoms with Crippen molar-refractivity contribution in [3.05, 3.63) is 53.8 Å². The van der Waals surface area contributed by atoms with Gasteiger partial charge in [-0.05, 0) is 35.4 Å². The minimum absolute atomic E-state index is 0.0679. The van der Waals surface area contributed by atoms with Gasteiger partial charge in [-0.2, -0.15) is 0 Å². The summed E-state index contributed by atoms with van der Waals surface area (Å²) in [6, 6.07) is 11.8. The molecule has 0 aliphatic heterocycles. The first-order valence-corrected chi connectivity index (χ1v) is 5.14. The summed E-state index contributed by atoms with van der Waals surface area (Å²) in [5, 5.41) is 0. The molecule has 0 unspecified atom stereocenters. The quantitative estimate of drug-likeness (QED) is 0.756. The fraction of sp³-hybridized carbons (Fsp3) is 0.0714. The Hall–Kier alpha value is -2.16. The molecule has 2 aromatic rings. The lowest BCUT2D eigenvalue weighted by atomic mass is 10.0. The van der Waals surface area contributed by atoms with E-state index < -0.39 is 5.82 Å². The van der Waals surface area contributed by atoms with Gasteiger partial charge in [0.15, 0.2) is 6.29 Å². The van der Waals surface area contributed by atoms with Crippen LogP contribution in [0.4, 0.5) is 4.39 Å². The number of methoxy groups -OCH3 is 1. The maximum atomic E-state index is 13.2. The highest BCUT2D eigenvalue weighted by Gasteiger charge is 2.04. The third-order valence-corrected chi connectivity index (χ3v) is 2.55. The summed E-state index contributed by atoms with van der Waals surface area (Å²) in [4.78, 5) is 10.7. The van der Waals surface area contributed by atoms with E-state index in [2.05, 4.69) is 0 Å². The monoisotopic (exact) mass is 230 g/mol. The summed E-state index contributed by atoms with van der Waals surface area (Å²) in [7, 11) is 1.59. The Balaban J connectivity index is 2.41. The molecule has 2 rings (SSSR count). The maximum Gasteiger partial charge on any atom is 0.153 e. The summed E-state index contributed by atoms with van der Waals surface area (Å²) in [6.07, 6.45) is 0.516. The molecule has 0 radical (unpaired) electrons. The Labute approximate surface area is 98.7 Å². The average Bonchev–Trinajstić information content (AvgIpc) is 2.39. The van der Waals surface area contributed by atoms with Gasteiger partial charge in [-0.15, -0.1) is 0 Å². The normalized spacial score (nSPS) is 10.0. The number of ether oxygens (including phenoxy) is 1. The molecule has 0 spiro atoms. The Morgan fingerprint density at radius 2 is 1.71 bits per heavy atom. The van der Waals surface area contributed by atoms with Gasteiger partial charge in [0.05, 0.1) is 12.7 Å². The fourth-order valence-electron chi connectivity index (χ4n) is 1.60.